The van der Waals surface area contributed by atoms with E-state index >= 15 is 0 Å². The Morgan fingerprint density at radius 1 is 1.24 bits per heavy atom. The highest BCUT2D eigenvalue weighted by molar-refractivity contribution is 5.89. The van der Waals surface area contributed by atoms with Crippen molar-refractivity contribution in [3.05, 3.63) is 47.5 Å². The minimum absolute atomic E-state index is 0.268. The van der Waals surface area contributed by atoms with Gasteiger partial charge in [0, 0.05) is 0 Å². The first-order valence-corrected chi connectivity index (χ1v) is 5.86. The van der Waals surface area contributed by atoms with Crippen molar-refractivity contribution in [2.75, 3.05) is 0 Å². The van der Waals surface area contributed by atoms with Crippen LogP contribution >= 0.6 is 0 Å². The Morgan fingerprint density at radius 2 is 1.82 bits per heavy atom. The van der Waals surface area contributed by atoms with Crippen molar-refractivity contribution < 1.29 is 9.53 Å². The van der Waals surface area contributed by atoms with Crippen molar-refractivity contribution in [1.29, 1.82) is 0 Å². The summed E-state index contributed by atoms with van der Waals surface area (Å²) in [5.74, 6) is -0.268. The molecule has 92 valence electrons. The molecule has 2 heteroatoms. The fraction of sp³-hybridized carbons (Fsp3) is 0.400. The smallest absolute Gasteiger partial charge is 0.338 e. The van der Waals surface area contributed by atoms with E-state index in [1.807, 2.05) is 58.0 Å². The van der Waals surface area contributed by atoms with Gasteiger partial charge in [0.05, 0.1) is 5.56 Å². The van der Waals surface area contributed by atoms with Crippen molar-refractivity contribution in [2.45, 2.75) is 39.7 Å². The zero-order valence-electron chi connectivity index (χ0n) is 11.0. The van der Waals surface area contributed by atoms with Crippen molar-refractivity contribution in [1.82, 2.24) is 0 Å². The normalized spacial score (nSPS) is 11.8. The van der Waals surface area contributed by atoms with Gasteiger partial charge in [-0.1, -0.05) is 24.3 Å². The van der Waals surface area contributed by atoms with Gasteiger partial charge in [0.1, 0.15) is 5.60 Å². The summed E-state index contributed by atoms with van der Waals surface area (Å²) in [5.41, 5.74) is 1.35. The Balaban J connectivity index is 2.70. The van der Waals surface area contributed by atoms with E-state index in [9.17, 15) is 4.79 Å². The number of esters is 1. The van der Waals surface area contributed by atoms with Crippen molar-refractivity contribution >= 4 is 5.97 Å². The molecule has 1 rings (SSSR count). The zero-order chi connectivity index (χ0) is 12.9. The molecule has 0 aromatic heterocycles. The number of carbonyl (C=O) groups excluding carboxylic acids is 1. The van der Waals surface area contributed by atoms with Gasteiger partial charge in [-0.15, -0.1) is 0 Å². The monoisotopic (exact) mass is 232 g/mol. The van der Waals surface area contributed by atoms with E-state index in [1.54, 1.807) is 0 Å². The molecular weight excluding hydrogens is 212 g/mol. The van der Waals surface area contributed by atoms with E-state index in [2.05, 4.69) is 6.08 Å². The fourth-order valence-corrected chi connectivity index (χ4v) is 1.37. The molecule has 0 amide bonds. The molecule has 0 aliphatic rings. The Labute approximate surface area is 103 Å². The maximum Gasteiger partial charge on any atom is 0.338 e. The lowest BCUT2D eigenvalue weighted by molar-refractivity contribution is 0.00695. The number of ether oxygens (including phenoxy) is 1. The second kappa shape index (κ2) is 5.67. The van der Waals surface area contributed by atoms with Crippen LogP contribution < -0.4 is 0 Å². The van der Waals surface area contributed by atoms with Gasteiger partial charge >= 0.3 is 5.97 Å². The molecular formula is C15H20O2. The Bertz CT molecular complexity index is 394. The number of hydrogen-bond donors (Lipinski definition) is 0. The Hall–Kier alpha value is -1.57. The Morgan fingerprint density at radius 3 is 2.29 bits per heavy atom. The summed E-state index contributed by atoms with van der Waals surface area (Å²) in [6, 6.07) is 7.54. The third-order valence-corrected chi connectivity index (χ3v) is 2.18. The SMILES string of the molecule is C/C=C/Cc1ccc(C(=O)OC(C)(C)C)cc1. The van der Waals surface area contributed by atoms with Crippen LogP contribution in [-0.2, 0) is 11.2 Å². The molecule has 0 unspecified atom stereocenters. The van der Waals surface area contributed by atoms with Crippen LogP contribution in [-0.4, -0.2) is 11.6 Å². The summed E-state index contributed by atoms with van der Waals surface area (Å²) in [4.78, 5) is 11.7. The van der Waals surface area contributed by atoms with Gasteiger partial charge in [-0.25, -0.2) is 4.79 Å². The van der Waals surface area contributed by atoms with Gasteiger partial charge in [0.15, 0.2) is 0 Å². The maximum absolute atomic E-state index is 11.7. The van der Waals surface area contributed by atoms with Crippen LogP contribution in [0.25, 0.3) is 0 Å². The summed E-state index contributed by atoms with van der Waals surface area (Å²) >= 11 is 0. The Kier molecular flexibility index (Phi) is 4.50. The van der Waals surface area contributed by atoms with Crippen LogP contribution in [0.1, 0.15) is 43.6 Å². The molecule has 0 radical (unpaired) electrons. The van der Waals surface area contributed by atoms with Crippen LogP contribution in [0, 0.1) is 0 Å². The average molecular weight is 232 g/mol. The van der Waals surface area contributed by atoms with E-state index in [0.717, 1.165) is 6.42 Å². The predicted octanol–water partition coefficient (Wildman–Crippen LogP) is 3.76. The first-order valence-electron chi connectivity index (χ1n) is 5.86. The van der Waals surface area contributed by atoms with Gasteiger partial charge in [-0.05, 0) is 51.8 Å². The number of carbonyl (C=O) groups is 1. The molecule has 0 N–H and O–H groups in total. The van der Waals surface area contributed by atoms with Crippen molar-refractivity contribution in [3.8, 4) is 0 Å². The zero-order valence-corrected chi connectivity index (χ0v) is 11.0. The molecule has 1 aromatic carbocycles. The number of allylic oxidation sites excluding steroid dienone is 2. The highest BCUT2D eigenvalue weighted by Crippen LogP contribution is 2.13. The van der Waals surface area contributed by atoms with E-state index in [0.29, 0.717) is 5.56 Å². The largest absolute Gasteiger partial charge is 0.456 e. The highest BCUT2D eigenvalue weighted by Gasteiger charge is 2.17. The molecule has 2 nitrogen and oxygen atoms in total. The van der Waals surface area contributed by atoms with E-state index < -0.39 is 5.60 Å². The molecule has 0 aliphatic carbocycles. The molecule has 0 atom stereocenters. The molecule has 0 aliphatic heterocycles. The molecule has 0 spiro atoms. The highest BCUT2D eigenvalue weighted by atomic mass is 16.6. The number of benzene rings is 1. The summed E-state index contributed by atoms with van der Waals surface area (Å²) in [6.07, 6.45) is 5.00. The number of rotatable bonds is 3. The summed E-state index contributed by atoms with van der Waals surface area (Å²) in [5, 5.41) is 0. The standard InChI is InChI=1S/C15H20O2/c1-5-6-7-12-8-10-13(11-9-12)14(16)17-15(2,3)4/h5-6,8-11H,7H2,1-4H3/b6-5+. The molecule has 0 heterocycles. The second-order valence-corrected chi connectivity index (χ2v) is 4.97. The van der Waals surface area contributed by atoms with E-state index in [4.69, 9.17) is 4.74 Å². The van der Waals surface area contributed by atoms with E-state index in [-0.39, 0.29) is 5.97 Å². The quantitative estimate of drug-likeness (QED) is 0.586. The van der Waals surface area contributed by atoms with Gasteiger partial charge in [-0.2, -0.15) is 0 Å². The minimum Gasteiger partial charge on any atom is -0.456 e. The summed E-state index contributed by atoms with van der Waals surface area (Å²) in [6.45, 7) is 7.59. The fourth-order valence-electron chi connectivity index (χ4n) is 1.37. The van der Waals surface area contributed by atoms with Crippen LogP contribution in [0.2, 0.25) is 0 Å². The topological polar surface area (TPSA) is 26.3 Å². The molecule has 0 fully saturated rings. The molecule has 0 saturated heterocycles. The molecule has 1 aromatic rings. The van der Waals surface area contributed by atoms with Crippen LogP contribution in [0.3, 0.4) is 0 Å². The lowest BCUT2D eigenvalue weighted by atomic mass is 10.1. The minimum atomic E-state index is -0.444. The third-order valence-electron chi connectivity index (χ3n) is 2.18. The van der Waals surface area contributed by atoms with Crippen LogP contribution in [0.4, 0.5) is 0 Å². The first kappa shape index (κ1) is 13.5. The van der Waals surface area contributed by atoms with Gasteiger partial charge < -0.3 is 4.74 Å². The lowest BCUT2D eigenvalue weighted by Gasteiger charge is -2.19. The van der Waals surface area contributed by atoms with Gasteiger partial charge in [0.2, 0.25) is 0 Å². The van der Waals surface area contributed by atoms with Gasteiger partial charge in [-0.3, -0.25) is 0 Å². The molecule has 0 bridgehead atoms. The maximum atomic E-state index is 11.7. The van der Waals surface area contributed by atoms with Gasteiger partial charge in [0.25, 0.3) is 0 Å². The first-order chi connectivity index (χ1) is 7.92. The molecule has 0 saturated carbocycles. The number of hydrogen-bond acceptors (Lipinski definition) is 2. The summed E-state index contributed by atoms with van der Waals surface area (Å²) in [7, 11) is 0. The van der Waals surface area contributed by atoms with Crippen LogP contribution in [0.15, 0.2) is 36.4 Å². The molecule has 17 heavy (non-hydrogen) atoms. The second-order valence-electron chi connectivity index (χ2n) is 4.97. The summed E-state index contributed by atoms with van der Waals surface area (Å²) < 4.78 is 5.29. The third kappa shape index (κ3) is 4.85. The van der Waals surface area contributed by atoms with Crippen LogP contribution in [0.5, 0.6) is 0 Å². The van der Waals surface area contributed by atoms with E-state index in [1.165, 1.54) is 5.56 Å². The lowest BCUT2D eigenvalue weighted by Crippen LogP contribution is -2.23. The van der Waals surface area contributed by atoms with Crippen molar-refractivity contribution in [2.24, 2.45) is 0 Å². The average Bonchev–Trinajstić information content (AvgIpc) is 2.24. The predicted molar refractivity (Wildman–Crippen MR) is 70.1 cm³/mol. The van der Waals surface area contributed by atoms with Crippen molar-refractivity contribution in [3.63, 3.8) is 0 Å².